The van der Waals surface area contributed by atoms with Crippen LogP contribution in [0.25, 0.3) is 0 Å². The van der Waals surface area contributed by atoms with E-state index in [0.29, 0.717) is 18.9 Å². The van der Waals surface area contributed by atoms with E-state index >= 15 is 0 Å². The summed E-state index contributed by atoms with van der Waals surface area (Å²) < 4.78 is 0. The number of rotatable bonds is 9. The molecule has 30 heavy (non-hydrogen) atoms. The largest absolute Gasteiger partial charge is 0.354 e. The molecule has 162 valence electrons. The van der Waals surface area contributed by atoms with Crippen molar-refractivity contribution < 1.29 is 14.5 Å². The Morgan fingerprint density at radius 3 is 2.50 bits per heavy atom. The number of carbonyl (C=O) groups is 2. The Bertz CT molecular complexity index is 929. The highest BCUT2D eigenvalue weighted by Crippen LogP contribution is 2.23. The fourth-order valence-corrected chi connectivity index (χ4v) is 3.81. The maximum atomic E-state index is 12.6. The Morgan fingerprint density at radius 1 is 1.27 bits per heavy atom. The molecule has 1 unspecified atom stereocenters. The molecule has 0 aliphatic carbocycles. The minimum Gasteiger partial charge on any atom is -0.354 e. The molecule has 2 amide bonds. The molecule has 0 radical (unpaired) electrons. The van der Waals surface area contributed by atoms with Gasteiger partial charge in [-0.3, -0.25) is 19.7 Å². The van der Waals surface area contributed by atoms with Crippen LogP contribution in [0.2, 0.25) is 5.02 Å². The van der Waals surface area contributed by atoms with Gasteiger partial charge in [-0.25, -0.2) is 4.98 Å². The van der Waals surface area contributed by atoms with Crippen molar-refractivity contribution in [3.63, 3.8) is 0 Å². The summed E-state index contributed by atoms with van der Waals surface area (Å²) in [7, 11) is 0. The van der Waals surface area contributed by atoms with E-state index < -0.39 is 16.9 Å². The van der Waals surface area contributed by atoms with Gasteiger partial charge in [-0.1, -0.05) is 39.3 Å². The highest BCUT2D eigenvalue weighted by Gasteiger charge is 2.26. The van der Waals surface area contributed by atoms with Gasteiger partial charge in [-0.05, 0) is 12.0 Å². The van der Waals surface area contributed by atoms with E-state index in [0.717, 1.165) is 16.8 Å². The first kappa shape index (κ1) is 23.8. The molecule has 1 aromatic heterocycles. The average molecular weight is 453 g/mol. The summed E-state index contributed by atoms with van der Waals surface area (Å²) in [4.78, 5) is 40.0. The number of carbonyl (C=O) groups excluding carboxylic acids is 2. The van der Waals surface area contributed by atoms with Crippen LogP contribution in [0.4, 0.5) is 5.69 Å². The van der Waals surface area contributed by atoms with Crippen molar-refractivity contribution in [1.29, 1.82) is 0 Å². The van der Waals surface area contributed by atoms with Gasteiger partial charge in [0, 0.05) is 36.4 Å². The molecule has 1 heterocycles. The molecule has 2 N–H and O–H groups in total. The van der Waals surface area contributed by atoms with Crippen molar-refractivity contribution in [3.05, 3.63) is 55.0 Å². The number of thiazole rings is 1. The molecular formula is C20H25ClN4O4S. The predicted octanol–water partition coefficient (Wildman–Crippen LogP) is 3.94. The van der Waals surface area contributed by atoms with Crippen LogP contribution in [-0.4, -0.2) is 34.3 Å². The Labute approximate surface area is 184 Å². The zero-order chi connectivity index (χ0) is 22.4. The quantitative estimate of drug-likeness (QED) is 0.441. The van der Waals surface area contributed by atoms with Crippen LogP contribution >= 0.6 is 22.9 Å². The third-order valence-corrected chi connectivity index (χ3v) is 5.89. The van der Waals surface area contributed by atoms with E-state index in [1.54, 1.807) is 11.3 Å². The topological polar surface area (TPSA) is 114 Å². The molecule has 1 aromatic carbocycles. The maximum Gasteiger partial charge on any atom is 0.270 e. The van der Waals surface area contributed by atoms with E-state index in [9.17, 15) is 19.7 Å². The molecule has 2 aromatic rings. The Balaban J connectivity index is 1.98. The second-order valence-electron chi connectivity index (χ2n) is 7.49. The van der Waals surface area contributed by atoms with Crippen LogP contribution in [0.3, 0.4) is 0 Å². The number of hydrogen-bond acceptors (Lipinski definition) is 6. The van der Waals surface area contributed by atoms with Crippen molar-refractivity contribution in [2.75, 3.05) is 6.54 Å². The highest BCUT2D eigenvalue weighted by molar-refractivity contribution is 7.09. The molecule has 8 nitrogen and oxygen atoms in total. The predicted molar refractivity (Wildman–Crippen MR) is 117 cm³/mol. The minimum absolute atomic E-state index is 0.0471. The first-order valence-electron chi connectivity index (χ1n) is 9.57. The summed E-state index contributed by atoms with van der Waals surface area (Å²) in [6.45, 7) is 8.20. The second-order valence-corrected chi connectivity index (χ2v) is 8.79. The lowest BCUT2D eigenvalue weighted by Crippen LogP contribution is -2.50. The zero-order valence-corrected chi connectivity index (χ0v) is 18.8. The Hall–Kier alpha value is -2.52. The van der Waals surface area contributed by atoms with E-state index in [1.807, 2.05) is 19.2 Å². The van der Waals surface area contributed by atoms with Crippen LogP contribution in [0.15, 0.2) is 23.6 Å². The SMILES string of the molecule is CC(C)c1nc(CCNC(=O)C(NC(=O)c2ccc([N+](=O)[O-])cc2Cl)C(C)C)cs1. The van der Waals surface area contributed by atoms with Crippen LogP contribution in [0.1, 0.15) is 54.7 Å². The maximum absolute atomic E-state index is 12.6. The molecule has 1 atom stereocenters. The molecule has 10 heteroatoms. The minimum atomic E-state index is -0.773. The normalized spacial score (nSPS) is 12.1. The summed E-state index contributed by atoms with van der Waals surface area (Å²) in [5.74, 6) is -0.678. The van der Waals surface area contributed by atoms with Crippen LogP contribution in [-0.2, 0) is 11.2 Å². The van der Waals surface area contributed by atoms with Gasteiger partial charge in [0.2, 0.25) is 5.91 Å². The van der Waals surface area contributed by atoms with Crippen molar-refractivity contribution in [3.8, 4) is 0 Å². The standard InChI is InChI=1S/C20H25ClN4O4S/c1-11(2)17(19(27)22-8-7-13-10-30-20(23-13)12(3)4)24-18(26)15-6-5-14(25(28)29)9-16(15)21/h5-6,9-12,17H,7-8H2,1-4H3,(H,22,27)(H,24,26). The number of benzene rings is 1. The van der Waals surface area contributed by atoms with Crippen molar-refractivity contribution in [2.45, 2.75) is 46.1 Å². The van der Waals surface area contributed by atoms with Gasteiger partial charge in [0.25, 0.3) is 11.6 Å². The monoisotopic (exact) mass is 452 g/mol. The molecule has 0 aliphatic rings. The second kappa shape index (κ2) is 10.5. The number of amides is 2. The summed E-state index contributed by atoms with van der Waals surface area (Å²) in [5.41, 5.74) is 0.786. The number of hydrogen-bond donors (Lipinski definition) is 2. The molecule has 0 saturated carbocycles. The molecule has 0 saturated heterocycles. The molecule has 0 aliphatic heterocycles. The molecule has 0 fully saturated rings. The average Bonchev–Trinajstić information content (AvgIpc) is 3.14. The number of nitro groups is 1. The van der Waals surface area contributed by atoms with E-state index in [4.69, 9.17) is 11.6 Å². The van der Waals surface area contributed by atoms with E-state index in [1.165, 1.54) is 12.1 Å². The summed E-state index contributed by atoms with van der Waals surface area (Å²) in [6.07, 6.45) is 0.599. The Morgan fingerprint density at radius 2 is 1.97 bits per heavy atom. The number of halogens is 1. The molecule has 0 bridgehead atoms. The summed E-state index contributed by atoms with van der Waals surface area (Å²) in [5, 5.41) is 19.3. The number of nitro benzene ring substituents is 1. The van der Waals surface area contributed by atoms with Gasteiger partial charge in [0.15, 0.2) is 0 Å². The highest BCUT2D eigenvalue weighted by atomic mass is 35.5. The van der Waals surface area contributed by atoms with Crippen LogP contribution in [0, 0.1) is 16.0 Å². The third kappa shape index (κ3) is 6.24. The lowest BCUT2D eigenvalue weighted by Gasteiger charge is -2.22. The smallest absolute Gasteiger partial charge is 0.270 e. The third-order valence-electron chi connectivity index (χ3n) is 4.39. The van der Waals surface area contributed by atoms with Crippen molar-refractivity contribution in [1.82, 2.24) is 15.6 Å². The zero-order valence-electron chi connectivity index (χ0n) is 17.3. The van der Waals surface area contributed by atoms with Crippen molar-refractivity contribution >= 4 is 40.4 Å². The molecular weight excluding hydrogens is 428 g/mol. The van der Waals surface area contributed by atoms with Crippen molar-refractivity contribution in [2.24, 2.45) is 5.92 Å². The van der Waals surface area contributed by atoms with Gasteiger partial charge >= 0.3 is 0 Å². The first-order chi connectivity index (χ1) is 14.1. The van der Waals surface area contributed by atoms with Gasteiger partial charge in [0.05, 0.1) is 26.2 Å². The van der Waals surface area contributed by atoms with Gasteiger partial charge in [-0.15, -0.1) is 11.3 Å². The fraction of sp³-hybridized carbons (Fsp3) is 0.450. The molecule has 0 spiro atoms. The number of aromatic nitrogens is 1. The van der Waals surface area contributed by atoms with Gasteiger partial charge in [0.1, 0.15) is 6.04 Å². The van der Waals surface area contributed by atoms with Gasteiger partial charge in [-0.2, -0.15) is 0 Å². The first-order valence-corrected chi connectivity index (χ1v) is 10.8. The Kier molecular flexibility index (Phi) is 8.31. The van der Waals surface area contributed by atoms with Gasteiger partial charge < -0.3 is 10.6 Å². The van der Waals surface area contributed by atoms with E-state index in [2.05, 4.69) is 29.5 Å². The summed E-state index contributed by atoms with van der Waals surface area (Å²) in [6, 6.07) is 2.81. The molecule has 2 rings (SSSR count). The van der Waals surface area contributed by atoms with E-state index in [-0.39, 0.29) is 28.1 Å². The lowest BCUT2D eigenvalue weighted by atomic mass is 10.0. The lowest BCUT2D eigenvalue weighted by molar-refractivity contribution is -0.384. The summed E-state index contributed by atoms with van der Waals surface area (Å²) >= 11 is 7.62. The number of nitrogens with one attached hydrogen (secondary N) is 2. The van der Waals surface area contributed by atoms with Crippen LogP contribution in [0.5, 0.6) is 0 Å². The van der Waals surface area contributed by atoms with Crippen LogP contribution < -0.4 is 10.6 Å². The number of non-ortho nitro benzene ring substituents is 1. The fourth-order valence-electron chi connectivity index (χ4n) is 2.68. The number of nitrogens with zero attached hydrogens (tertiary/aromatic N) is 2.